The molecular weight excluding hydrogens is 306 g/mol. The van der Waals surface area contributed by atoms with Crippen LogP contribution in [-0.4, -0.2) is 32.7 Å². The van der Waals surface area contributed by atoms with Crippen LogP contribution in [0.5, 0.6) is 5.75 Å². The quantitative estimate of drug-likeness (QED) is 0.613. The fraction of sp³-hybridized carbons (Fsp3) is 0.471. The zero-order chi connectivity index (χ0) is 17.2. The Hall–Kier alpha value is -2.41. The number of pyridine rings is 1. The third-order valence-corrected chi connectivity index (χ3v) is 3.64. The number of rotatable bonds is 10. The van der Waals surface area contributed by atoms with Crippen LogP contribution in [0.4, 0.5) is 11.8 Å². The molecule has 24 heavy (non-hydrogen) atoms. The number of aliphatic hydroxyl groups is 1. The van der Waals surface area contributed by atoms with E-state index in [1.54, 1.807) is 18.6 Å². The van der Waals surface area contributed by atoms with Crippen molar-refractivity contribution < 1.29 is 9.84 Å². The summed E-state index contributed by atoms with van der Waals surface area (Å²) in [4.78, 5) is 12.2. The first-order valence-electron chi connectivity index (χ1n) is 8.24. The molecule has 130 valence electrons. The first-order chi connectivity index (χ1) is 11.7. The highest BCUT2D eigenvalue weighted by atomic mass is 16.5. The topological polar surface area (TPSA) is 106 Å². The molecule has 2 heterocycles. The molecule has 2 rings (SSSR count). The van der Waals surface area contributed by atoms with E-state index in [2.05, 4.69) is 27.2 Å². The molecule has 0 amide bonds. The predicted molar refractivity (Wildman–Crippen MR) is 93.7 cm³/mol. The van der Waals surface area contributed by atoms with E-state index >= 15 is 0 Å². The van der Waals surface area contributed by atoms with Gasteiger partial charge < -0.3 is 20.9 Å². The van der Waals surface area contributed by atoms with Gasteiger partial charge in [0.2, 0.25) is 5.95 Å². The summed E-state index contributed by atoms with van der Waals surface area (Å²) in [6, 6.07) is 3.90. The van der Waals surface area contributed by atoms with Gasteiger partial charge in [0, 0.05) is 25.0 Å². The zero-order valence-electron chi connectivity index (χ0n) is 14.0. The molecule has 0 spiro atoms. The average Bonchev–Trinajstić information content (AvgIpc) is 2.60. The van der Waals surface area contributed by atoms with E-state index in [0.717, 1.165) is 24.8 Å². The molecule has 4 N–H and O–H groups in total. The zero-order valence-corrected chi connectivity index (χ0v) is 14.0. The molecule has 0 aromatic carbocycles. The van der Waals surface area contributed by atoms with Gasteiger partial charge in [0.25, 0.3) is 0 Å². The third-order valence-electron chi connectivity index (χ3n) is 3.64. The van der Waals surface area contributed by atoms with Gasteiger partial charge in [-0.15, -0.1) is 0 Å². The first-order valence-corrected chi connectivity index (χ1v) is 8.24. The summed E-state index contributed by atoms with van der Waals surface area (Å²) in [5, 5.41) is 12.6. The predicted octanol–water partition coefficient (Wildman–Crippen LogP) is 2.39. The summed E-state index contributed by atoms with van der Waals surface area (Å²) in [5.74, 6) is 1.29. The molecule has 0 radical (unpaired) electrons. The molecular formula is C17H25N5O2. The number of unbranched alkanes of at least 4 members (excludes halogenated alkanes) is 1. The van der Waals surface area contributed by atoms with Crippen LogP contribution in [-0.2, 0) is 6.61 Å². The Morgan fingerprint density at radius 3 is 2.79 bits per heavy atom. The first kappa shape index (κ1) is 17.9. The van der Waals surface area contributed by atoms with Crippen molar-refractivity contribution in [3.8, 4) is 5.75 Å². The highest BCUT2D eigenvalue weighted by Gasteiger charge is 2.14. The van der Waals surface area contributed by atoms with E-state index in [0.29, 0.717) is 24.6 Å². The smallest absolute Gasteiger partial charge is 0.222 e. The maximum absolute atomic E-state index is 9.26. The number of nitrogens with one attached hydrogen (secondary N) is 1. The number of nitrogens with two attached hydrogens (primary N) is 1. The molecule has 0 saturated carbocycles. The second-order valence-electron chi connectivity index (χ2n) is 5.58. The molecule has 0 bridgehead atoms. The minimum absolute atomic E-state index is 0.118. The van der Waals surface area contributed by atoms with E-state index in [4.69, 9.17) is 10.5 Å². The molecule has 2 aromatic rings. The van der Waals surface area contributed by atoms with Crippen molar-refractivity contribution in [2.45, 2.75) is 45.3 Å². The van der Waals surface area contributed by atoms with E-state index in [-0.39, 0.29) is 18.6 Å². The lowest BCUT2D eigenvalue weighted by atomic mass is 10.1. The van der Waals surface area contributed by atoms with Crippen LogP contribution >= 0.6 is 0 Å². The van der Waals surface area contributed by atoms with Crippen LogP contribution in [0.2, 0.25) is 0 Å². The Labute approximate surface area is 142 Å². The fourth-order valence-electron chi connectivity index (χ4n) is 2.32. The summed E-state index contributed by atoms with van der Waals surface area (Å²) in [6.07, 6.45) is 8.78. The number of hydrogen-bond acceptors (Lipinski definition) is 7. The number of hydrogen-bond donors (Lipinski definition) is 3. The summed E-state index contributed by atoms with van der Waals surface area (Å²) in [7, 11) is 0. The van der Waals surface area contributed by atoms with Gasteiger partial charge in [-0.05, 0) is 30.5 Å². The summed E-state index contributed by atoms with van der Waals surface area (Å²) in [6.45, 7) is 2.65. The second-order valence-corrected chi connectivity index (χ2v) is 5.58. The highest BCUT2D eigenvalue weighted by Crippen LogP contribution is 2.25. The Balaban J connectivity index is 2.08. The molecule has 1 atom stereocenters. The van der Waals surface area contributed by atoms with Crippen LogP contribution in [0.15, 0.2) is 30.7 Å². The van der Waals surface area contributed by atoms with Gasteiger partial charge in [0.05, 0.1) is 6.20 Å². The Kier molecular flexibility index (Phi) is 7.22. The molecule has 0 aliphatic heterocycles. The third kappa shape index (κ3) is 5.66. The standard InChI is InChI=1S/C17H25N5O2/c1-2-3-4-14(7-10-23)21-16-15(11-20-17(18)22-16)24-12-13-5-8-19-9-6-13/h5-6,8-9,11,14,23H,2-4,7,10,12H2,1H3,(H3,18,20,21,22)/t14-/m0/s1. The van der Waals surface area contributed by atoms with Crippen molar-refractivity contribution in [2.75, 3.05) is 17.7 Å². The largest absolute Gasteiger partial charge is 0.483 e. The van der Waals surface area contributed by atoms with Gasteiger partial charge in [-0.25, -0.2) is 4.98 Å². The van der Waals surface area contributed by atoms with Crippen LogP contribution < -0.4 is 15.8 Å². The van der Waals surface area contributed by atoms with E-state index in [1.165, 1.54) is 0 Å². The lowest BCUT2D eigenvalue weighted by Crippen LogP contribution is -2.22. The maximum Gasteiger partial charge on any atom is 0.222 e. The van der Waals surface area contributed by atoms with Crippen molar-refractivity contribution in [3.63, 3.8) is 0 Å². The summed E-state index contributed by atoms with van der Waals surface area (Å²) in [5.41, 5.74) is 6.71. The Morgan fingerprint density at radius 1 is 1.29 bits per heavy atom. The van der Waals surface area contributed by atoms with Gasteiger partial charge in [-0.3, -0.25) is 4.98 Å². The number of nitrogen functional groups attached to an aromatic ring is 1. The number of anilines is 2. The lowest BCUT2D eigenvalue weighted by molar-refractivity contribution is 0.275. The van der Waals surface area contributed by atoms with Crippen molar-refractivity contribution in [1.82, 2.24) is 15.0 Å². The minimum Gasteiger partial charge on any atom is -0.483 e. The number of nitrogens with zero attached hydrogens (tertiary/aromatic N) is 3. The lowest BCUT2D eigenvalue weighted by Gasteiger charge is -2.20. The average molecular weight is 331 g/mol. The van der Waals surface area contributed by atoms with Crippen LogP contribution in [0, 0.1) is 0 Å². The number of aromatic nitrogens is 3. The number of ether oxygens (including phenoxy) is 1. The van der Waals surface area contributed by atoms with Gasteiger partial charge in [-0.2, -0.15) is 4.98 Å². The molecule has 0 fully saturated rings. The van der Waals surface area contributed by atoms with E-state index in [9.17, 15) is 5.11 Å². The molecule has 2 aromatic heterocycles. The monoisotopic (exact) mass is 331 g/mol. The van der Waals surface area contributed by atoms with Gasteiger partial charge in [0.15, 0.2) is 11.6 Å². The van der Waals surface area contributed by atoms with Gasteiger partial charge in [0.1, 0.15) is 6.61 Å². The van der Waals surface area contributed by atoms with Crippen LogP contribution in [0.1, 0.15) is 38.2 Å². The van der Waals surface area contributed by atoms with E-state index in [1.807, 2.05) is 12.1 Å². The van der Waals surface area contributed by atoms with Crippen molar-refractivity contribution in [2.24, 2.45) is 0 Å². The molecule has 7 nitrogen and oxygen atoms in total. The SMILES string of the molecule is CCCC[C@@H](CCO)Nc1nc(N)ncc1OCc1ccncc1. The van der Waals surface area contributed by atoms with E-state index < -0.39 is 0 Å². The number of aliphatic hydroxyl groups excluding tert-OH is 1. The van der Waals surface area contributed by atoms with Crippen molar-refractivity contribution >= 4 is 11.8 Å². The normalized spacial score (nSPS) is 11.9. The van der Waals surface area contributed by atoms with Crippen LogP contribution in [0.3, 0.4) is 0 Å². The highest BCUT2D eigenvalue weighted by molar-refractivity contribution is 5.51. The Bertz CT molecular complexity index is 609. The summed E-state index contributed by atoms with van der Waals surface area (Å²) < 4.78 is 5.83. The van der Waals surface area contributed by atoms with Gasteiger partial charge >= 0.3 is 0 Å². The second kappa shape index (κ2) is 9.67. The molecule has 0 saturated heterocycles. The van der Waals surface area contributed by atoms with Gasteiger partial charge in [-0.1, -0.05) is 19.8 Å². The van der Waals surface area contributed by atoms with Crippen molar-refractivity contribution in [1.29, 1.82) is 0 Å². The summed E-state index contributed by atoms with van der Waals surface area (Å²) >= 11 is 0. The maximum atomic E-state index is 9.26. The minimum atomic E-state index is 0.118. The Morgan fingerprint density at radius 2 is 2.08 bits per heavy atom. The van der Waals surface area contributed by atoms with Crippen molar-refractivity contribution in [3.05, 3.63) is 36.3 Å². The fourth-order valence-corrected chi connectivity index (χ4v) is 2.32. The van der Waals surface area contributed by atoms with Crippen LogP contribution in [0.25, 0.3) is 0 Å². The molecule has 0 unspecified atom stereocenters. The molecule has 7 heteroatoms. The molecule has 0 aliphatic rings. The molecule has 0 aliphatic carbocycles.